The highest BCUT2D eigenvalue weighted by molar-refractivity contribution is 5.67. The molecule has 1 heterocycles. The van der Waals surface area contributed by atoms with Gasteiger partial charge in [-0.05, 0) is 18.2 Å². The van der Waals surface area contributed by atoms with E-state index in [1.807, 2.05) is 0 Å². The van der Waals surface area contributed by atoms with Crippen LogP contribution in [0.15, 0.2) is 23.8 Å². The lowest BCUT2D eigenvalue weighted by molar-refractivity contribution is -0.182. The smallest absolute Gasteiger partial charge is 0.430 e. The molecule has 0 saturated heterocycles. The summed E-state index contributed by atoms with van der Waals surface area (Å²) in [5.74, 6) is 0.444. The van der Waals surface area contributed by atoms with Crippen LogP contribution in [0.5, 0.6) is 11.5 Å². The molecule has 1 atom stereocenters. The maximum absolute atomic E-state index is 12.7. The summed E-state index contributed by atoms with van der Waals surface area (Å²) >= 11 is 0. The highest BCUT2D eigenvalue weighted by atomic mass is 19.4. The second kappa shape index (κ2) is 4.26. The third-order valence-corrected chi connectivity index (χ3v) is 2.49. The van der Waals surface area contributed by atoms with E-state index in [4.69, 9.17) is 14.7 Å². The summed E-state index contributed by atoms with van der Waals surface area (Å²) in [6.45, 7) is 0. The molecule has 3 nitrogen and oxygen atoms in total. The predicted molar refractivity (Wildman–Crippen MR) is 57.1 cm³/mol. The summed E-state index contributed by atoms with van der Waals surface area (Å²) in [5.41, 5.74) is -0.0342. The molecule has 0 bridgehead atoms. The van der Waals surface area contributed by atoms with Crippen LogP contribution in [0, 0.1) is 11.3 Å². The lowest BCUT2D eigenvalue weighted by Gasteiger charge is -2.26. The second-order valence-corrected chi connectivity index (χ2v) is 3.65. The van der Waals surface area contributed by atoms with E-state index in [0.717, 1.165) is 0 Å². The van der Waals surface area contributed by atoms with E-state index in [9.17, 15) is 13.2 Å². The molecule has 1 aliphatic rings. The number of ether oxygens (including phenoxy) is 2. The molecule has 0 aliphatic carbocycles. The van der Waals surface area contributed by atoms with E-state index in [1.54, 1.807) is 6.07 Å². The van der Waals surface area contributed by atoms with E-state index in [0.29, 0.717) is 11.3 Å². The fourth-order valence-corrected chi connectivity index (χ4v) is 1.63. The molecular weight excluding hydrogens is 247 g/mol. The molecule has 2 rings (SSSR count). The Balaban J connectivity index is 2.47. The third-order valence-electron chi connectivity index (χ3n) is 2.49. The number of hydrogen-bond donors (Lipinski definition) is 0. The summed E-state index contributed by atoms with van der Waals surface area (Å²) in [5, 5.41) is 8.73. The van der Waals surface area contributed by atoms with Gasteiger partial charge in [0.2, 0.25) is 6.10 Å². The number of hydrogen-bond acceptors (Lipinski definition) is 3. The van der Waals surface area contributed by atoms with Gasteiger partial charge in [-0.2, -0.15) is 18.4 Å². The molecule has 0 fully saturated rings. The fourth-order valence-electron chi connectivity index (χ4n) is 1.63. The number of nitriles is 1. The lowest BCUT2D eigenvalue weighted by atomic mass is 10.0. The molecule has 0 saturated carbocycles. The molecule has 0 radical (unpaired) electrons. The van der Waals surface area contributed by atoms with Crippen molar-refractivity contribution in [2.45, 2.75) is 12.3 Å². The Hall–Kier alpha value is -2.16. The molecule has 0 aromatic heterocycles. The van der Waals surface area contributed by atoms with Gasteiger partial charge >= 0.3 is 6.18 Å². The van der Waals surface area contributed by atoms with Crippen LogP contribution < -0.4 is 9.47 Å². The zero-order valence-electron chi connectivity index (χ0n) is 9.28. The third kappa shape index (κ3) is 2.12. The van der Waals surface area contributed by atoms with E-state index in [1.165, 1.54) is 31.4 Å². The molecule has 94 valence electrons. The van der Waals surface area contributed by atoms with Crippen molar-refractivity contribution in [3.05, 3.63) is 29.3 Å². The highest BCUT2D eigenvalue weighted by Crippen LogP contribution is 2.38. The number of fused-ring (bicyclic) bond motifs is 1. The molecule has 0 amide bonds. The van der Waals surface area contributed by atoms with Crippen molar-refractivity contribution >= 4 is 6.08 Å². The van der Waals surface area contributed by atoms with Crippen molar-refractivity contribution in [1.29, 1.82) is 5.26 Å². The van der Waals surface area contributed by atoms with E-state index >= 15 is 0 Å². The van der Waals surface area contributed by atoms with Gasteiger partial charge < -0.3 is 9.47 Å². The van der Waals surface area contributed by atoms with Crippen molar-refractivity contribution < 1.29 is 22.6 Å². The summed E-state index contributed by atoms with van der Waals surface area (Å²) in [7, 11) is 1.41. The summed E-state index contributed by atoms with van der Waals surface area (Å²) in [6, 6.07) is 6.00. The molecule has 0 N–H and O–H groups in total. The van der Waals surface area contributed by atoms with Crippen LogP contribution in [0.4, 0.5) is 13.2 Å². The van der Waals surface area contributed by atoms with Crippen LogP contribution in [0.2, 0.25) is 0 Å². The Kier molecular flexibility index (Phi) is 2.91. The van der Waals surface area contributed by atoms with Gasteiger partial charge in [0.05, 0.1) is 18.8 Å². The maximum atomic E-state index is 12.7. The first kappa shape index (κ1) is 12.3. The van der Waals surface area contributed by atoms with Crippen LogP contribution >= 0.6 is 0 Å². The Bertz CT molecular complexity index is 543. The van der Waals surface area contributed by atoms with Crippen LogP contribution in [0.1, 0.15) is 5.56 Å². The van der Waals surface area contributed by atoms with Crippen molar-refractivity contribution in [3.63, 3.8) is 0 Å². The predicted octanol–water partition coefficient (Wildman–Crippen LogP) is 2.93. The molecule has 1 aromatic rings. The summed E-state index contributed by atoms with van der Waals surface area (Å²) in [6.07, 6.45) is -5.67. The molecule has 6 heteroatoms. The maximum Gasteiger partial charge on any atom is 0.430 e. The van der Waals surface area contributed by atoms with Crippen LogP contribution in [-0.2, 0) is 0 Å². The van der Waals surface area contributed by atoms with Crippen molar-refractivity contribution in [2.75, 3.05) is 7.11 Å². The standard InChI is InChI=1S/C12H8F3NO2/c1-17-9-3-2-7-4-8(6-16)11(12(13,14)15)18-10(7)5-9/h2-5,11H,1H3/t11-/m0/s1. The van der Waals surface area contributed by atoms with Gasteiger partial charge in [-0.1, -0.05) is 0 Å². The minimum absolute atomic E-state index is 0.0516. The lowest BCUT2D eigenvalue weighted by Crippen LogP contribution is -2.37. The number of rotatable bonds is 1. The first-order chi connectivity index (χ1) is 8.45. The van der Waals surface area contributed by atoms with Gasteiger partial charge in [-0.3, -0.25) is 0 Å². The Labute approximate surface area is 101 Å². The number of methoxy groups -OCH3 is 1. The van der Waals surface area contributed by atoms with Gasteiger partial charge in [0, 0.05) is 11.6 Å². The minimum Gasteiger partial charge on any atom is -0.497 e. The van der Waals surface area contributed by atoms with Crippen LogP contribution in [0.3, 0.4) is 0 Å². The molecule has 0 unspecified atom stereocenters. The normalized spacial score (nSPS) is 18.2. The first-order valence-corrected chi connectivity index (χ1v) is 4.99. The Morgan fingerprint density at radius 2 is 2.11 bits per heavy atom. The number of halogens is 3. The largest absolute Gasteiger partial charge is 0.497 e. The van der Waals surface area contributed by atoms with Gasteiger partial charge in [0.15, 0.2) is 0 Å². The Morgan fingerprint density at radius 1 is 1.39 bits per heavy atom. The molecule has 1 aliphatic heterocycles. The monoisotopic (exact) mass is 255 g/mol. The van der Waals surface area contributed by atoms with Gasteiger partial charge in [-0.15, -0.1) is 0 Å². The average Bonchev–Trinajstić information content (AvgIpc) is 2.35. The van der Waals surface area contributed by atoms with Gasteiger partial charge in [0.1, 0.15) is 11.5 Å². The van der Waals surface area contributed by atoms with Crippen molar-refractivity contribution in [2.24, 2.45) is 0 Å². The Morgan fingerprint density at radius 3 is 2.67 bits per heavy atom. The zero-order chi connectivity index (χ0) is 13.3. The molecular formula is C12H8F3NO2. The molecule has 0 spiro atoms. The van der Waals surface area contributed by atoms with Gasteiger partial charge in [0.25, 0.3) is 0 Å². The number of nitrogens with zero attached hydrogens (tertiary/aromatic N) is 1. The van der Waals surface area contributed by atoms with Crippen LogP contribution in [-0.4, -0.2) is 19.4 Å². The van der Waals surface area contributed by atoms with Gasteiger partial charge in [-0.25, -0.2) is 0 Å². The number of alkyl halides is 3. The zero-order valence-corrected chi connectivity index (χ0v) is 9.28. The number of benzene rings is 1. The van der Waals surface area contributed by atoms with E-state index < -0.39 is 17.9 Å². The highest BCUT2D eigenvalue weighted by Gasteiger charge is 2.46. The molecule has 18 heavy (non-hydrogen) atoms. The minimum atomic E-state index is -4.62. The summed E-state index contributed by atoms with van der Waals surface area (Å²) < 4.78 is 47.9. The van der Waals surface area contributed by atoms with Crippen LogP contribution in [0.25, 0.3) is 6.08 Å². The topological polar surface area (TPSA) is 42.2 Å². The molecule has 1 aromatic carbocycles. The quantitative estimate of drug-likeness (QED) is 0.774. The van der Waals surface area contributed by atoms with E-state index in [-0.39, 0.29) is 5.75 Å². The van der Waals surface area contributed by atoms with Crippen molar-refractivity contribution in [3.8, 4) is 17.6 Å². The summed E-state index contributed by atoms with van der Waals surface area (Å²) in [4.78, 5) is 0. The second-order valence-electron chi connectivity index (χ2n) is 3.65. The SMILES string of the molecule is COc1ccc2c(c1)O[C@H](C(F)(F)F)C(C#N)=C2. The van der Waals surface area contributed by atoms with E-state index in [2.05, 4.69) is 0 Å². The average molecular weight is 255 g/mol. The first-order valence-electron chi connectivity index (χ1n) is 4.99. The fraction of sp³-hybridized carbons (Fsp3) is 0.250. The van der Waals surface area contributed by atoms with Crippen molar-refractivity contribution in [1.82, 2.24) is 0 Å².